The molecule has 1 saturated carbocycles. The van der Waals surface area contributed by atoms with E-state index in [1.807, 2.05) is 0 Å². The first-order valence-electron chi connectivity index (χ1n) is 6.32. The van der Waals surface area contributed by atoms with E-state index in [1.54, 1.807) is 12.1 Å². The molecule has 1 aromatic carbocycles. The second kappa shape index (κ2) is 4.49. The third-order valence-electron chi connectivity index (χ3n) is 3.71. The Morgan fingerprint density at radius 2 is 2.32 bits per heavy atom. The van der Waals surface area contributed by atoms with E-state index in [9.17, 15) is 9.18 Å². The summed E-state index contributed by atoms with van der Waals surface area (Å²) < 4.78 is 14.4. The van der Waals surface area contributed by atoms with E-state index < -0.39 is 0 Å². The van der Waals surface area contributed by atoms with Crippen molar-refractivity contribution in [2.75, 3.05) is 12.3 Å². The van der Waals surface area contributed by atoms with Gasteiger partial charge in [-0.05, 0) is 30.4 Å². The van der Waals surface area contributed by atoms with E-state index in [0.717, 1.165) is 6.42 Å². The van der Waals surface area contributed by atoms with Crippen LogP contribution >= 0.6 is 11.3 Å². The summed E-state index contributed by atoms with van der Waals surface area (Å²) in [6.45, 7) is 2.84. The fourth-order valence-corrected chi connectivity index (χ4v) is 3.34. The van der Waals surface area contributed by atoms with Gasteiger partial charge in [0.25, 0.3) is 5.91 Å². The fourth-order valence-electron chi connectivity index (χ4n) is 2.29. The average Bonchev–Trinajstić information content (AvgIpc) is 2.97. The molecule has 1 aliphatic carbocycles. The van der Waals surface area contributed by atoms with Crippen molar-refractivity contribution in [3.05, 3.63) is 28.9 Å². The van der Waals surface area contributed by atoms with Gasteiger partial charge < -0.3 is 11.1 Å². The number of amides is 1. The molecule has 3 nitrogen and oxygen atoms in total. The third-order valence-corrected chi connectivity index (χ3v) is 4.88. The van der Waals surface area contributed by atoms with Crippen LogP contribution in [0.3, 0.4) is 0 Å². The molecule has 2 aromatic rings. The molecule has 3 rings (SSSR count). The smallest absolute Gasteiger partial charge is 0.263 e. The summed E-state index contributed by atoms with van der Waals surface area (Å²) in [5.74, 6) is 0.701. The highest BCUT2D eigenvalue weighted by atomic mass is 32.1. The number of nitrogens with one attached hydrogen (secondary N) is 1. The molecule has 1 aromatic heterocycles. The van der Waals surface area contributed by atoms with E-state index in [4.69, 9.17) is 5.73 Å². The topological polar surface area (TPSA) is 55.1 Å². The minimum atomic E-state index is -0.374. The molecule has 2 atom stereocenters. The van der Waals surface area contributed by atoms with Crippen LogP contribution in [0, 0.1) is 17.7 Å². The number of fused-ring (bicyclic) bond motifs is 1. The van der Waals surface area contributed by atoms with Crippen LogP contribution in [0.15, 0.2) is 18.2 Å². The van der Waals surface area contributed by atoms with Gasteiger partial charge in [0.05, 0.1) is 11.1 Å². The molecule has 0 spiro atoms. The largest absolute Gasteiger partial charge is 0.397 e. The summed E-state index contributed by atoms with van der Waals surface area (Å²) in [5, 5.41) is 3.24. The lowest BCUT2D eigenvalue weighted by Gasteiger charge is -2.03. The number of carbonyl (C=O) groups excluding carboxylic acids is 1. The van der Waals surface area contributed by atoms with Gasteiger partial charge in [0, 0.05) is 11.2 Å². The first kappa shape index (κ1) is 12.4. The number of hydrogen-bond acceptors (Lipinski definition) is 3. The molecule has 2 unspecified atom stereocenters. The van der Waals surface area contributed by atoms with Gasteiger partial charge in [-0.25, -0.2) is 4.39 Å². The van der Waals surface area contributed by atoms with Crippen LogP contribution in [0.5, 0.6) is 0 Å². The van der Waals surface area contributed by atoms with E-state index in [0.29, 0.717) is 33.3 Å². The molecule has 1 amide bonds. The van der Waals surface area contributed by atoms with Crippen molar-refractivity contribution in [2.24, 2.45) is 11.8 Å². The molecular formula is C14H15FN2OS. The summed E-state index contributed by atoms with van der Waals surface area (Å²) >= 11 is 1.24. The van der Waals surface area contributed by atoms with Crippen LogP contribution in [0.4, 0.5) is 10.1 Å². The van der Waals surface area contributed by atoms with Gasteiger partial charge in [0.2, 0.25) is 0 Å². The van der Waals surface area contributed by atoms with E-state index in [1.165, 1.54) is 17.4 Å². The Kier molecular flexibility index (Phi) is 2.93. The second-order valence-electron chi connectivity index (χ2n) is 5.14. The summed E-state index contributed by atoms with van der Waals surface area (Å²) in [4.78, 5) is 12.5. The zero-order chi connectivity index (χ0) is 13.6. The normalized spacial score (nSPS) is 21.6. The number of nitrogens with two attached hydrogens (primary N) is 1. The monoisotopic (exact) mass is 278 g/mol. The first-order valence-corrected chi connectivity index (χ1v) is 7.14. The van der Waals surface area contributed by atoms with Gasteiger partial charge in [0.1, 0.15) is 10.7 Å². The van der Waals surface area contributed by atoms with Crippen LogP contribution in [0.25, 0.3) is 10.1 Å². The molecule has 1 heterocycles. The molecular weight excluding hydrogens is 263 g/mol. The molecule has 5 heteroatoms. The number of rotatable bonds is 3. The van der Waals surface area contributed by atoms with Gasteiger partial charge in [-0.1, -0.05) is 13.0 Å². The van der Waals surface area contributed by atoms with Crippen LogP contribution in [-0.2, 0) is 0 Å². The maximum absolute atomic E-state index is 13.7. The molecule has 1 fully saturated rings. The van der Waals surface area contributed by atoms with E-state index in [-0.39, 0.29) is 17.4 Å². The van der Waals surface area contributed by atoms with Gasteiger partial charge in [-0.15, -0.1) is 11.3 Å². The molecule has 3 N–H and O–H groups in total. The summed E-state index contributed by atoms with van der Waals surface area (Å²) in [7, 11) is 0. The molecule has 100 valence electrons. The van der Waals surface area contributed by atoms with Gasteiger partial charge >= 0.3 is 0 Å². The lowest BCUT2D eigenvalue weighted by atomic mass is 10.2. The van der Waals surface area contributed by atoms with E-state index >= 15 is 0 Å². The van der Waals surface area contributed by atoms with Gasteiger partial charge in [-0.3, -0.25) is 4.79 Å². The predicted molar refractivity (Wildman–Crippen MR) is 75.8 cm³/mol. The number of thiophene rings is 1. The highest BCUT2D eigenvalue weighted by molar-refractivity contribution is 7.21. The molecule has 0 radical (unpaired) electrons. The standard InChI is InChI=1S/C14H15FN2OS/c1-7-5-8(7)6-17-14(18)13-12(16)11-9(15)3-2-4-10(11)19-13/h2-4,7-8H,5-6,16H2,1H3,(H,17,18). The highest BCUT2D eigenvalue weighted by Gasteiger charge is 2.32. The molecule has 1 aliphatic rings. The Labute approximate surface area is 114 Å². The molecule has 0 saturated heterocycles. The Hall–Kier alpha value is -1.62. The first-order chi connectivity index (χ1) is 9.08. The van der Waals surface area contributed by atoms with Crippen molar-refractivity contribution in [3.8, 4) is 0 Å². The minimum absolute atomic E-state index is 0.197. The van der Waals surface area contributed by atoms with Crippen molar-refractivity contribution >= 4 is 33.0 Å². The number of benzene rings is 1. The van der Waals surface area contributed by atoms with Crippen molar-refractivity contribution in [2.45, 2.75) is 13.3 Å². The zero-order valence-corrected chi connectivity index (χ0v) is 11.4. The van der Waals surface area contributed by atoms with Crippen LogP contribution in [-0.4, -0.2) is 12.5 Å². The second-order valence-corrected chi connectivity index (χ2v) is 6.19. The fraction of sp³-hybridized carbons (Fsp3) is 0.357. The number of hydrogen-bond donors (Lipinski definition) is 2. The number of halogens is 1. The lowest BCUT2D eigenvalue weighted by Crippen LogP contribution is -2.25. The third kappa shape index (κ3) is 2.18. The zero-order valence-electron chi connectivity index (χ0n) is 10.6. The molecule has 19 heavy (non-hydrogen) atoms. The Bertz CT molecular complexity index is 652. The number of nitrogen functional groups attached to an aromatic ring is 1. The van der Waals surface area contributed by atoms with Crippen molar-refractivity contribution in [1.29, 1.82) is 0 Å². The quantitative estimate of drug-likeness (QED) is 0.906. The maximum Gasteiger partial charge on any atom is 0.263 e. The van der Waals surface area contributed by atoms with Crippen LogP contribution in [0.1, 0.15) is 23.0 Å². The lowest BCUT2D eigenvalue weighted by molar-refractivity contribution is 0.0956. The summed E-state index contributed by atoms with van der Waals surface area (Å²) in [6, 6.07) is 4.76. The van der Waals surface area contributed by atoms with Crippen molar-refractivity contribution < 1.29 is 9.18 Å². The molecule has 0 aliphatic heterocycles. The Morgan fingerprint density at radius 1 is 1.58 bits per heavy atom. The highest BCUT2D eigenvalue weighted by Crippen LogP contribution is 2.38. The van der Waals surface area contributed by atoms with E-state index in [2.05, 4.69) is 12.2 Å². The summed E-state index contributed by atoms with van der Waals surface area (Å²) in [6.07, 6.45) is 1.16. The number of carbonyl (C=O) groups is 1. The summed E-state index contributed by atoms with van der Waals surface area (Å²) in [5.41, 5.74) is 6.15. The van der Waals surface area contributed by atoms with Crippen LogP contribution in [0.2, 0.25) is 0 Å². The minimum Gasteiger partial charge on any atom is -0.397 e. The average molecular weight is 278 g/mol. The van der Waals surface area contributed by atoms with Crippen molar-refractivity contribution in [1.82, 2.24) is 5.32 Å². The van der Waals surface area contributed by atoms with Crippen LogP contribution < -0.4 is 11.1 Å². The predicted octanol–water partition coefficient (Wildman–Crippen LogP) is 3.01. The molecule has 0 bridgehead atoms. The Morgan fingerprint density at radius 3 is 2.95 bits per heavy atom. The number of anilines is 1. The van der Waals surface area contributed by atoms with Crippen molar-refractivity contribution in [3.63, 3.8) is 0 Å². The maximum atomic E-state index is 13.7. The van der Waals surface area contributed by atoms with Gasteiger partial charge in [0.15, 0.2) is 0 Å². The van der Waals surface area contributed by atoms with Gasteiger partial charge in [-0.2, -0.15) is 0 Å². The Balaban J connectivity index is 1.85. The SMILES string of the molecule is CC1CC1CNC(=O)c1sc2cccc(F)c2c1N.